The van der Waals surface area contributed by atoms with Gasteiger partial charge in [0.1, 0.15) is 0 Å². The van der Waals surface area contributed by atoms with Gasteiger partial charge in [0.2, 0.25) is 5.95 Å². The minimum absolute atomic E-state index is 0.531. The van der Waals surface area contributed by atoms with Gasteiger partial charge in [-0.2, -0.15) is 0 Å². The largest absolute Gasteiger partial charge is 0.396 e. The van der Waals surface area contributed by atoms with Crippen molar-refractivity contribution in [1.82, 2.24) is 14.9 Å². The summed E-state index contributed by atoms with van der Waals surface area (Å²) >= 11 is 0. The minimum atomic E-state index is 0.531. The maximum atomic E-state index is 5.52. The number of anilines is 2. The van der Waals surface area contributed by atoms with Crippen molar-refractivity contribution >= 4 is 11.6 Å². The highest BCUT2D eigenvalue weighted by molar-refractivity contribution is 5.35. The van der Waals surface area contributed by atoms with E-state index in [1.54, 1.807) is 12.4 Å². The van der Waals surface area contributed by atoms with E-state index in [4.69, 9.17) is 5.73 Å². The second-order valence-electron chi connectivity index (χ2n) is 4.31. The molecule has 1 aromatic heterocycles. The third-order valence-corrected chi connectivity index (χ3v) is 2.99. The van der Waals surface area contributed by atoms with Crippen molar-refractivity contribution in [3.8, 4) is 0 Å². The molecule has 1 atom stereocenters. The molecule has 0 radical (unpaired) electrons. The lowest BCUT2D eigenvalue weighted by atomic mass is 10.3. The molecule has 0 aromatic carbocycles. The van der Waals surface area contributed by atoms with Crippen LogP contribution in [0, 0.1) is 0 Å². The zero-order valence-corrected chi connectivity index (χ0v) is 9.69. The molecule has 1 aliphatic heterocycles. The smallest absolute Gasteiger partial charge is 0.222 e. The van der Waals surface area contributed by atoms with Gasteiger partial charge in [0.05, 0.1) is 18.1 Å². The number of hydrogen-bond donors (Lipinski definition) is 2. The van der Waals surface area contributed by atoms with E-state index in [0.29, 0.717) is 17.7 Å². The molecule has 5 heteroatoms. The van der Waals surface area contributed by atoms with Crippen LogP contribution in [0.3, 0.4) is 0 Å². The fraction of sp³-hybridized carbons (Fsp3) is 0.636. The average molecular weight is 221 g/mol. The lowest BCUT2D eigenvalue weighted by molar-refractivity contribution is 0.269. The summed E-state index contributed by atoms with van der Waals surface area (Å²) in [6.07, 6.45) is 5.89. The lowest BCUT2D eigenvalue weighted by Crippen LogP contribution is -2.35. The maximum absolute atomic E-state index is 5.52. The number of nitrogens with two attached hydrogens (primary N) is 1. The van der Waals surface area contributed by atoms with Crippen LogP contribution < -0.4 is 11.1 Å². The highest BCUT2D eigenvalue weighted by atomic mass is 15.2. The lowest BCUT2D eigenvalue weighted by Gasteiger charge is -2.23. The van der Waals surface area contributed by atoms with Gasteiger partial charge in [0, 0.05) is 12.6 Å². The van der Waals surface area contributed by atoms with Crippen molar-refractivity contribution in [2.24, 2.45) is 0 Å². The van der Waals surface area contributed by atoms with Gasteiger partial charge in [-0.25, -0.2) is 9.97 Å². The molecule has 1 unspecified atom stereocenters. The number of hydrogen-bond acceptors (Lipinski definition) is 5. The molecule has 0 spiro atoms. The molecule has 1 fully saturated rings. The molecule has 5 nitrogen and oxygen atoms in total. The number of rotatable bonds is 4. The summed E-state index contributed by atoms with van der Waals surface area (Å²) in [6.45, 7) is 5.54. The average Bonchev–Trinajstić information content (AvgIpc) is 2.81. The number of nitrogen functional groups attached to an aromatic ring is 1. The quantitative estimate of drug-likeness (QED) is 0.792. The van der Waals surface area contributed by atoms with Crippen molar-refractivity contribution in [1.29, 1.82) is 0 Å². The SMILES string of the molecule is CC(CNc1ncc(N)cn1)N1CCCC1. The van der Waals surface area contributed by atoms with Crippen LogP contribution in [-0.2, 0) is 0 Å². The second kappa shape index (κ2) is 5.12. The van der Waals surface area contributed by atoms with Crippen LogP contribution in [0.4, 0.5) is 11.6 Å². The summed E-state index contributed by atoms with van der Waals surface area (Å²) < 4.78 is 0. The first-order valence-corrected chi connectivity index (χ1v) is 5.81. The van der Waals surface area contributed by atoms with Crippen LogP contribution in [0.5, 0.6) is 0 Å². The highest BCUT2D eigenvalue weighted by Crippen LogP contribution is 2.11. The normalized spacial score (nSPS) is 18.6. The Balaban J connectivity index is 1.80. The van der Waals surface area contributed by atoms with Gasteiger partial charge < -0.3 is 11.1 Å². The van der Waals surface area contributed by atoms with Gasteiger partial charge in [-0.05, 0) is 32.9 Å². The Morgan fingerprint density at radius 1 is 1.38 bits per heavy atom. The van der Waals surface area contributed by atoms with Crippen LogP contribution >= 0.6 is 0 Å². The van der Waals surface area contributed by atoms with Gasteiger partial charge in [0.15, 0.2) is 0 Å². The van der Waals surface area contributed by atoms with Gasteiger partial charge >= 0.3 is 0 Å². The summed E-state index contributed by atoms with van der Waals surface area (Å²) in [5, 5.41) is 3.23. The molecule has 0 bridgehead atoms. The van der Waals surface area contributed by atoms with E-state index in [1.165, 1.54) is 25.9 Å². The highest BCUT2D eigenvalue weighted by Gasteiger charge is 2.17. The molecule has 0 saturated carbocycles. The number of likely N-dealkylation sites (tertiary alicyclic amines) is 1. The Morgan fingerprint density at radius 2 is 2.00 bits per heavy atom. The van der Waals surface area contributed by atoms with Crippen LogP contribution in [0.15, 0.2) is 12.4 Å². The topological polar surface area (TPSA) is 67.1 Å². The van der Waals surface area contributed by atoms with Gasteiger partial charge in [0.25, 0.3) is 0 Å². The zero-order chi connectivity index (χ0) is 11.4. The first-order chi connectivity index (χ1) is 7.75. The fourth-order valence-corrected chi connectivity index (χ4v) is 1.98. The van der Waals surface area contributed by atoms with Gasteiger partial charge in [-0.1, -0.05) is 0 Å². The van der Waals surface area contributed by atoms with Crippen molar-refractivity contribution < 1.29 is 0 Å². The van der Waals surface area contributed by atoms with Crippen LogP contribution in [0.2, 0.25) is 0 Å². The van der Waals surface area contributed by atoms with Crippen molar-refractivity contribution in [2.75, 3.05) is 30.7 Å². The van der Waals surface area contributed by atoms with Crippen molar-refractivity contribution in [3.05, 3.63) is 12.4 Å². The number of nitrogens with zero attached hydrogens (tertiary/aromatic N) is 3. The first kappa shape index (κ1) is 11.1. The Bertz CT molecular complexity index is 318. The molecular formula is C11H19N5. The van der Waals surface area contributed by atoms with E-state index >= 15 is 0 Å². The van der Waals surface area contributed by atoms with E-state index in [9.17, 15) is 0 Å². The van der Waals surface area contributed by atoms with Crippen molar-refractivity contribution in [3.63, 3.8) is 0 Å². The third kappa shape index (κ3) is 2.82. The second-order valence-corrected chi connectivity index (χ2v) is 4.31. The van der Waals surface area contributed by atoms with Gasteiger partial charge in [-0.3, -0.25) is 4.90 Å². The number of nitrogens with one attached hydrogen (secondary N) is 1. The third-order valence-electron chi connectivity index (χ3n) is 2.99. The molecular weight excluding hydrogens is 202 g/mol. The molecule has 3 N–H and O–H groups in total. The van der Waals surface area contributed by atoms with Crippen LogP contribution in [-0.4, -0.2) is 40.5 Å². The zero-order valence-electron chi connectivity index (χ0n) is 9.69. The van der Waals surface area contributed by atoms with Crippen molar-refractivity contribution in [2.45, 2.75) is 25.8 Å². The minimum Gasteiger partial charge on any atom is -0.396 e. The Morgan fingerprint density at radius 3 is 2.62 bits per heavy atom. The van der Waals surface area contributed by atoms with E-state index in [-0.39, 0.29) is 0 Å². The number of aromatic nitrogens is 2. The van der Waals surface area contributed by atoms with Crippen LogP contribution in [0.25, 0.3) is 0 Å². The van der Waals surface area contributed by atoms with Crippen LogP contribution in [0.1, 0.15) is 19.8 Å². The maximum Gasteiger partial charge on any atom is 0.222 e. The van der Waals surface area contributed by atoms with E-state index in [2.05, 4.69) is 27.1 Å². The Hall–Kier alpha value is -1.36. The molecule has 1 aromatic rings. The summed E-state index contributed by atoms with van der Waals surface area (Å²) in [6, 6.07) is 0.531. The molecule has 1 aliphatic rings. The predicted octanol–water partition coefficient (Wildman–Crippen LogP) is 0.955. The standard InChI is InChI=1S/C11H19N5/c1-9(16-4-2-3-5-16)6-13-11-14-7-10(12)8-15-11/h7-9H,2-6,12H2,1H3,(H,13,14,15). The monoisotopic (exact) mass is 221 g/mol. The predicted molar refractivity (Wildman–Crippen MR) is 65.2 cm³/mol. The first-order valence-electron chi connectivity index (χ1n) is 5.81. The molecule has 88 valence electrons. The Kier molecular flexibility index (Phi) is 3.56. The molecule has 16 heavy (non-hydrogen) atoms. The molecule has 2 heterocycles. The molecule has 2 rings (SSSR count). The molecule has 0 amide bonds. The summed E-state index contributed by atoms with van der Waals surface area (Å²) in [7, 11) is 0. The molecule has 1 saturated heterocycles. The summed E-state index contributed by atoms with van der Waals surface area (Å²) in [5.74, 6) is 0.653. The Labute approximate surface area is 96.1 Å². The fourth-order valence-electron chi connectivity index (χ4n) is 1.98. The molecule has 0 aliphatic carbocycles. The summed E-state index contributed by atoms with van der Waals surface area (Å²) in [4.78, 5) is 10.7. The summed E-state index contributed by atoms with van der Waals surface area (Å²) in [5.41, 5.74) is 6.12. The van der Waals surface area contributed by atoms with E-state index in [1.807, 2.05) is 0 Å². The van der Waals surface area contributed by atoms with E-state index in [0.717, 1.165) is 6.54 Å². The van der Waals surface area contributed by atoms with Gasteiger partial charge in [-0.15, -0.1) is 0 Å². The van der Waals surface area contributed by atoms with E-state index < -0.39 is 0 Å².